The molecule has 3 aromatic rings. The Morgan fingerprint density at radius 1 is 1.23 bits per heavy atom. The molecule has 30 heavy (non-hydrogen) atoms. The number of benzene rings is 1. The Bertz CT molecular complexity index is 1040. The molecule has 1 amide bonds. The van der Waals surface area contributed by atoms with E-state index < -0.39 is 12.5 Å². The van der Waals surface area contributed by atoms with Crippen LogP contribution in [0.3, 0.4) is 0 Å². The molecule has 0 aliphatic rings. The summed E-state index contributed by atoms with van der Waals surface area (Å²) in [6.45, 7) is 5.18. The number of ether oxygens (including phenoxy) is 1. The Kier molecular flexibility index (Phi) is 6.14. The van der Waals surface area contributed by atoms with E-state index >= 15 is 0 Å². The van der Waals surface area contributed by atoms with Crippen LogP contribution in [0.25, 0.3) is 11.1 Å². The quantitative estimate of drug-likeness (QED) is 0.643. The summed E-state index contributed by atoms with van der Waals surface area (Å²) in [7, 11) is 0. The molecule has 3 rings (SSSR count). The zero-order chi connectivity index (χ0) is 21.9. The minimum atomic E-state index is -2.93. The van der Waals surface area contributed by atoms with E-state index in [1.54, 1.807) is 36.7 Å². The lowest BCUT2D eigenvalue weighted by Crippen LogP contribution is -2.24. The third kappa shape index (κ3) is 5.00. The Balaban J connectivity index is 1.78. The van der Waals surface area contributed by atoms with Crippen LogP contribution in [0, 0.1) is 6.92 Å². The highest BCUT2D eigenvalue weighted by molar-refractivity contribution is 5.93. The number of alkyl halides is 2. The van der Waals surface area contributed by atoms with Crippen molar-refractivity contribution in [3.8, 4) is 16.9 Å². The monoisotopic (exact) mass is 414 g/mol. The van der Waals surface area contributed by atoms with Crippen molar-refractivity contribution in [2.24, 2.45) is 0 Å². The molecule has 0 atom stereocenters. The smallest absolute Gasteiger partial charge is 0.387 e. The predicted molar refractivity (Wildman–Crippen MR) is 109 cm³/mol. The third-order valence-corrected chi connectivity index (χ3v) is 4.54. The topological polar surface area (TPSA) is 69.0 Å². The normalized spacial score (nSPS) is 11.6. The summed E-state index contributed by atoms with van der Waals surface area (Å²) in [6, 6.07) is 8.04. The van der Waals surface area contributed by atoms with Crippen molar-refractivity contribution in [1.82, 2.24) is 20.1 Å². The summed E-state index contributed by atoms with van der Waals surface area (Å²) in [4.78, 5) is 16.8. The molecule has 0 aliphatic heterocycles. The van der Waals surface area contributed by atoms with Gasteiger partial charge in [0.1, 0.15) is 11.4 Å². The van der Waals surface area contributed by atoms with E-state index in [4.69, 9.17) is 0 Å². The number of rotatable bonds is 6. The van der Waals surface area contributed by atoms with Crippen LogP contribution in [0.15, 0.2) is 48.9 Å². The van der Waals surface area contributed by atoms with Gasteiger partial charge in [-0.25, -0.2) is 0 Å². The molecule has 1 aromatic carbocycles. The third-order valence-electron chi connectivity index (χ3n) is 4.54. The van der Waals surface area contributed by atoms with Gasteiger partial charge in [-0.3, -0.25) is 14.5 Å². The van der Waals surface area contributed by atoms with E-state index in [9.17, 15) is 13.6 Å². The van der Waals surface area contributed by atoms with E-state index in [-0.39, 0.29) is 23.5 Å². The predicted octanol–water partition coefficient (Wildman–Crippen LogP) is 4.54. The summed E-state index contributed by atoms with van der Waals surface area (Å²) in [5.41, 5.74) is 3.17. The van der Waals surface area contributed by atoms with Gasteiger partial charge in [-0.05, 0) is 51.0 Å². The number of carbonyl (C=O) groups is 1. The number of para-hydroxylation sites is 1. The Morgan fingerprint density at radius 3 is 2.63 bits per heavy atom. The van der Waals surface area contributed by atoms with Crippen LogP contribution in [0.1, 0.15) is 42.4 Å². The minimum Gasteiger partial charge on any atom is -0.434 e. The van der Waals surface area contributed by atoms with Crippen LogP contribution in [-0.2, 0) is 12.1 Å². The molecule has 158 valence electrons. The molecule has 0 aliphatic carbocycles. The maximum Gasteiger partial charge on any atom is 0.387 e. The van der Waals surface area contributed by atoms with E-state index in [0.717, 1.165) is 16.7 Å². The number of aromatic nitrogens is 3. The fraction of sp³-hybridized carbons (Fsp3) is 0.318. The zero-order valence-electron chi connectivity index (χ0n) is 17.3. The zero-order valence-corrected chi connectivity index (χ0v) is 17.3. The molecule has 2 heterocycles. The number of nitrogens with zero attached hydrogens (tertiary/aromatic N) is 3. The first-order valence-electron chi connectivity index (χ1n) is 9.48. The minimum absolute atomic E-state index is 0.0277. The Labute approximate surface area is 173 Å². The number of aryl methyl sites for hydroxylation is 1. The van der Waals surface area contributed by atoms with Crippen molar-refractivity contribution in [3.05, 3.63) is 65.7 Å². The van der Waals surface area contributed by atoms with Crippen molar-refractivity contribution < 1.29 is 18.3 Å². The Morgan fingerprint density at radius 2 is 1.97 bits per heavy atom. The SMILES string of the molecule is Cc1cnc(C(=O)NCc2ccccc2OC(F)F)cc1-c1cnn(C(C)(C)C)c1. The standard InChI is InChI=1S/C22H24F2N4O2/c1-14-10-25-18(9-17(14)16-12-27-28(13-16)22(2,3)4)20(29)26-11-15-7-5-6-8-19(15)30-21(23)24/h5-10,12-13,21H,11H2,1-4H3,(H,26,29). The first kappa shape index (κ1) is 21.4. The highest BCUT2D eigenvalue weighted by Gasteiger charge is 2.17. The van der Waals surface area contributed by atoms with Crippen LogP contribution in [0.4, 0.5) is 8.78 Å². The molecule has 6 nitrogen and oxygen atoms in total. The second-order valence-electron chi connectivity index (χ2n) is 7.90. The van der Waals surface area contributed by atoms with Crippen LogP contribution >= 0.6 is 0 Å². The second kappa shape index (κ2) is 8.61. The molecule has 8 heteroatoms. The lowest BCUT2D eigenvalue weighted by molar-refractivity contribution is -0.0504. The van der Waals surface area contributed by atoms with Crippen molar-refractivity contribution >= 4 is 5.91 Å². The molecule has 0 saturated carbocycles. The maximum atomic E-state index is 12.6. The molecule has 0 spiro atoms. The van der Waals surface area contributed by atoms with Gasteiger partial charge in [0, 0.05) is 30.1 Å². The first-order chi connectivity index (χ1) is 14.1. The van der Waals surface area contributed by atoms with Crippen molar-refractivity contribution in [2.75, 3.05) is 0 Å². The van der Waals surface area contributed by atoms with Crippen LogP contribution in [0.5, 0.6) is 5.75 Å². The average Bonchev–Trinajstić information content (AvgIpc) is 3.17. The van der Waals surface area contributed by atoms with E-state index in [1.165, 1.54) is 6.07 Å². The van der Waals surface area contributed by atoms with Crippen LogP contribution in [-0.4, -0.2) is 27.3 Å². The van der Waals surface area contributed by atoms with Crippen molar-refractivity contribution in [1.29, 1.82) is 0 Å². The number of amides is 1. The molecular weight excluding hydrogens is 390 g/mol. The van der Waals surface area contributed by atoms with Gasteiger partial charge in [0.25, 0.3) is 5.91 Å². The number of halogens is 2. The first-order valence-corrected chi connectivity index (χ1v) is 9.48. The fourth-order valence-electron chi connectivity index (χ4n) is 2.91. The molecule has 0 bridgehead atoms. The molecule has 0 radical (unpaired) electrons. The summed E-state index contributed by atoms with van der Waals surface area (Å²) in [5.74, 6) is -0.383. The number of hydrogen-bond donors (Lipinski definition) is 1. The summed E-state index contributed by atoms with van der Waals surface area (Å²) >= 11 is 0. The number of pyridine rings is 1. The van der Waals surface area contributed by atoms with Gasteiger partial charge in [0.15, 0.2) is 0 Å². The highest BCUT2D eigenvalue weighted by atomic mass is 19.3. The van der Waals surface area contributed by atoms with Gasteiger partial charge in [-0.1, -0.05) is 18.2 Å². The molecule has 0 fully saturated rings. The number of hydrogen-bond acceptors (Lipinski definition) is 4. The maximum absolute atomic E-state index is 12.6. The van der Waals surface area contributed by atoms with Crippen LogP contribution in [0.2, 0.25) is 0 Å². The fourth-order valence-corrected chi connectivity index (χ4v) is 2.91. The van der Waals surface area contributed by atoms with Gasteiger partial charge < -0.3 is 10.1 Å². The molecule has 0 saturated heterocycles. The van der Waals surface area contributed by atoms with Gasteiger partial charge in [-0.15, -0.1) is 0 Å². The lowest BCUT2D eigenvalue weighted by atomic mass is 10.0. The van der Waals surface area contributed by atoms with E-state index in [2.05, 4.69) is 40.9 Å². The summed E-state index contributed by atoms with van der Waals surface area (Å²) < 4.78 is 31.5. The molecule has 2 aromatic heterocycles. The Hall–Kier alpha value is -3.29. The number of carbonyl (C=O) groups excluding carboxylic acids is 1. The largest absolute Gasteiger partial charge is 0.434 e. The van der Waals surface area contributed by atoms with Gasteiger partial charge in [0.05, 0.1) is 11.7 Å². The van der Waals surface area contributed by atoms with E-state index in [1.807, 2.05) is 17.8 Å². The van der Waals surface area contributed by atoms with E-state index in [0.29, 0.717) is 5.56 Å². The van der Waals surface area contributed by atoms with Gasteiger partial charge in [-0.2, -0.15) is 13.9 Å². The van der Waals surface area contributed by atoms with Gasteiger partial charge >= 0.3 is 6.61 Å². The second-order valence-corrected chi connectivity index (χ2v) is 7.90. The average molecular weight is 414 g/mol. The summed E-state index contributed by atoms with van der Waals surface area (Å²) in [5, 5.41) is 7.12. The molecule has 1 N–H and O–H groups in total. The summed E-state index contributed by atoms with van der Waals surface area (Å²) in [6.07, 6.45) is 5.32. The van der Waals surface area contributed by atoms with Crippen LogP contribution < -0.4 is 10.1 Å². The van der Waals surface area contributed by atoms with Crippen molar-refractivity contribution in [2.45, 2.75) is 46.4 Å². The molecule has 0 unspecified atom stereocenters. The van der Waals surface area contributed by atoms with Gasteiger partial charge in [0.2, 0.25) is 0 Å². The molecular formula is C22H24F2N4O2. The number of nitrogens with one attached hydrogen (secondary N) is 1. The van der Waals surface area contributed by atoms with Crippen molar-refractivity contribution in [3.63, 3.8) is 0 Å². The lowest BCUT2D eigenvalue weighted by Gasteiger charge is -2.18. The highest BCUT2D eigenvalue weighted by Crippen LogP contribution is 2.25.